The molecule has 0 atom stereocenters. The zero-order chi connectivity index (χ0) is 9.10. The fourth-order valence-electron chi connectivity index (χ4n) is 1.04. The van der Waals surface area contributed by atoms with Gasteiger partial charge >= 0.3 is 0 Å². The second kappa shape index (κ2) is 3.62. The molecule has 1 saturated heterocycles. The van der Waals surface area contributed by atoms with E-state index in [-0.39, 0.29) is 5.24 Å². The van der Waals surface area contributed by atoms with Gasteiger partial charge < -0.3 is 5.32 Å². The molecule has 1 heterocycles. The molecule has 1 amide bonds. The number of hydrogen-bond donors (Lipinski definition) is 1. The highest BCUT2D eigenvalue weighted by molar-refractivity contribution is 8.26. The van der Waals surface area contributed by atoms with Crippen molar-refractivity contribution in [1.29, 1.82) is 0 Å². The van der Waals surface area contributed by atoms with Crippen LogP contribution in [0.15, 0.2) is 35.3 Å². The highest BCUT2D eigenvalue weighted by Gasteiger charge is 2.16. The molecule has 1 aliphatic rings. The molecule has 1 N–H and O–H groups in total. The highest BCUT2D eigenvalue weighted by atomic mass is 32.2. The summed E-state index contributed by atoms with van der Waals surface area (Å²) in [7, 11) is 0. The third kappa shape index (κ3) is 2.09. The molecule has 1 aromatic rings. The summed E-state index contributed by atoms with van der Waals surface area (Å²) >= 11 is 1.16. The maximum absolute atomic E-state index is 10.8. The zero-order valence-corrected chi connectivity index (χ0v) is 7.67. The topological polar surface area (TPSA) is 41.5 Å². The summed E-state index contributed by atoms with van der Waals surface area (Å²) in [5.41, 5.74) is 0.890. The Balaban J connectivity index is 2.17. The number of carbonyl (C=O) groups excluding carboxylic acids is 1. The third-order valence-corrected chi connectivity index (χ3v) is 2.41. The Bertz CT molecular complexity index is 348. The Labute approximate surface area is 80.3 Å². The van der Waals surface area contributed by atoms with Crippen molar-refractivity contribution in [3.8, 4) is 0 Å². The monoisotopic (exact) mass is 192 g/mol. The molecule has 2 rings (SSSR count). The summed E-state index contributed by atoms with van der Waals surface area (Å²) in [5.74, 6) is 0. The van der Waals surface area contributed by atoms with Gasteiger partial charge in [0.15, 0.2) is 0 Å². The number of nitrogens with one attached hydrogen (secondary N) is 1. The van der Waals surface area contributed by atoms with Gasteiger partial charge in [0.05, 0.1) is 12.2 Å². The smallest absolute Gasteiger partial charge is 0.285 e. The molecule has 0 unspecified atom stereocenters. The maximum Gasteiger partial charge on any atom is 0.285 e. The molecule has 0 saturated carbocycles. The van der Waals surface area contributed by atoms with Gasteiger partial charge in [0.25, 0.3) is 5.24 Å². The second-order valence-electron chi connectivity index (χ2n) is 2.58. The van der Waals surface area contributed by atoms with Crippen LogP contribution in [0.3, 0.4) is 0 Å². The lowest BCUT2D eigenvalue weighted by Crippen LogP contribution is -2.11. The van der Waals surface area contributed by atoms with Crippen molar-refractivity contribution in [3.63, 3.8) is 0 Å². The summed E-state index contributed by atoms with van der Waals surface area (Å²) in [4.78, 5) is 15.1. The van der Waals surface area contributed by atoms with Crippen LogP contribution in [0.5, 0.6) is 0 Å². The summed E-state index contributed by atoms with van der Waals surface area (Å²) in [6.45, 7) is 0.554. The van der Waals surface area contributed by atoms with Crippen LogP contribution in [0.1, 0.15) is 0 Å². The van der Waals surface area contributed by atoms with Gasteiger partial charge in [0.2, 0.25) is 0 Å². The first-order valence-corrected chi connectivity index (χ1v) is 4.74. The van der Waals surface area contributed by atoms with E-state index in [9.17, 15) is 4.79 Å². The van der Waals surface area contributed by atoms with Crippen molar-refractivity contribution >= 4 is 27.7 Å². The molecule has 0 aromatic heterocycles. The molecule has 1 aliphatic heterocycles. The van der Waals surface area contributed by atoms with Crippen molar-refractivity contribution in [1.82, 2.24) is 5.32 Å². The third-order valence-electron chi connectivity index (χ3n) is 1.60. The van der Waals surface area contributed by atoms with Crippen molar-refractivity contribution in [3.05, 3.63) is 30.3 Å². The summed E-state index contributed by atoms with van der Waals surface area (Å²) in [6.07, 6.45) is 0. The van der Waals surface area contributed by atoms with E-state index in [0.717, 1.165) is 22.5 Å². The number of carbonyl (C=O) groups is 1. The summed E-state index contributed by atoms with van der Waals surface area (Å²) < 4.78 is 0. The largest absolute Gasteiger partial charge is 0.340 e. The number of nitrogens with zero attached hydrogens (tertiary/aromatic N) is 1. The molecule has 0 bridgehead atoms. The molecule has 3 nitrogen and oxygen atoms in total. The normalized spacial score (nSPS) is 19.1. The number of thioether (sulfide) groups is 1. The van der Waals surface area contributed by atoms with E-state index < -0.39 is 0 Å². The molecular formula is C9H8N2OS. The fraction of sp³-hybridized carbons (Fsp3) is 0.111. The van der Waals surface area contributed by atoms with Crippen LogP contribution in [-0.2, 0) is 0 Å². The van der Waals surface area contributed by atoms with Crippen molar-refractivity contribution in [2.45, 2.75) is 0 Å². The van der Waals surface area contributed by atoms with Gasteiger partial charge in [-0.2, -0.15) is 0 Å². The first kappa shape index (κ1) is 8.31. The number of amides is 1. The Morgan fingerprint density at radius 1 is 1.31 bits per heavy atom. The number of hydrogen-bond acceptors (Lipinski definition) is 3. The first-order valence-electron chi connectivity index (χ1n) is 3.93. The SMILES string of the molecule is O=C1NCC(=Nc2ccccc2)S1. The van der Waals surface area contributed by atoms with E-state index in [2.05, 4.69) is 10.3 Å². The van der Waals surface area contributed by atoms with Crippen LogP contribution in [0.25, 0.3) is 0 Å². The van der Waals surface area contributed by atoms with Crippen LogP contribution in [0.4, 0.5) is 10.5 Å². The van der Waals surface area contributed by atoms with E-state index in [1.54, 1.807) is 0 Å². The Kier molecular flexibility index (Phi) is 2.31. The average molecular weight is 192 g/mol. The Hall–Kier alpha value is -1.29. The molecule has 0 aliphatic carbocycles. The number of aliphatic imine (C=N–C) groups is 1. The lowest BCUT2D eigenvalue weighted by molar-refractivity contribution is 0.262. The van der Waals surface area contributed by atoms with Crippen molar-refractivity contribution < 1.29 is 4.79 Å². The van der Waals surface area contributed by atoms with E-state index in [1.807, 2.05) is 30.3 Å². The molecule has 0 spiro atoms. The molecule has 66 valence electrons. The van der Waals surface area contributed by atoms with Crippen LogP contribution in [0, 0.1) is 0 Å². The summed E-state index contributed by atoms with van der Waals surface area (Å²) in [5, 5.41) is 3.49. The quantitative estimate of drug-likeness (QED) is 0.740. The minimum absolute atomic E-state index is 0.0188. The van der Waals surface area contributed by atoms with Crippen molar-refractivity contribution in [2.24, 2.45) is 4.99 Å². The minimum atomic E-state index is -0.0188. The van der Waals surface area contributed by atoms with Gasteiger partial charge in [-0.05, 0) is 23.9 Å². The second-order valence-corrected chi connectivity index (χ2v) is 3.63. The average Bonchev–Trinajstić information content (AvgIpc) is 2.53. The van der Waals surface area contributed by atoms with E-state index in [4.69, 9.17) is 0 Å². The van der Waals surface area contributed by atoms with Gasteiger partial charge in [-0.3, -0.25) is 4.79 Å². The van der Waals surface area contributed by atoms with Gasteiger partial charge in [-0.15, -0.1) is 0 Å². The number of benzene rings is 1. The van der Waals surface area contributed by atoms with Gasteiger partial charge in [-0.25, -0.2) is 4.99 Å². The molecule has 0 radical (unpaired) electrons. The Morgan fingerprint density at radius 2 is 2.08 bits per heavy atom. The first-order chi connectivity index (χ1) is 6.34. The van der Waals surface area contributed by atoms with Crippen LogP contribution >= 0.6 is 11.8 Å². The Morgan fingerprint density at radius 3 is 2.69 bits per heavy atom. The molecule has 4 heteroatoms. The van der Waals surface area contributed by atoms with Gasteiger partial charge in [0.1, 0.15) is 5.04 Å². The standard InChI is InChI=1S/C9H8N2OS/c12-9-10-6-8(13-9)11-7-4-2-1-3-5-7/h1-5H,6H2,(H,10,12). The van der Waals surface area contributed by atoms with Crippen LogP contribution < -0.4 is 5.32 Å². The van der Waals surface area contributed by atoms with E-state index >= 15 is 0 Å². The van der Waals surface area contributed by atoms with E-state index in [1.165, 1.54) is 0 Å². The number of para-hydroxylation sites is 1. The van der Waals surface area contributed by atoms with Crippen molar-refractivity contribution in [2.75, 3.05) is 6.54 Å². The molecular weight excluding hydrogens is 184 g/mol. The number of rotatable bonds is 1. The van der Waals surface area contributed by atoms with Crippen LogP contribution in [-0.4, -0.2) is 16.8 Å². The molecule has 1 fully saturated rings. The summed E-state index contributed by atoms with van der Waals surface area (Å²) in [6, 6.07) is 9.62. The van der Waals surface area contributed by atoms with Gasteiger partial charge in [-0.1, -0.05) is 18.2 Å². The predicted molar refractivity (Wildman–Crippen MR) is 54.5 cm³/mol. The predicted octanol–water partition coefficient (Wildman–Crippen LogP) is 2.17. The minimum Gasteiger partial charge on any atom is -0.340 e. The van der Waals surface area contributed by atoms with Gasteiger partial charge in [0, 0.05) is 0 Å². The fourth-order valence-corrected chi connectivity index (χ4v) is 1.69. The maximum atomic E-state index is 10.8. The lowest BCUT2D eigenvalue weighted by atomic mass is 10.3. The molecule has 1 aromatic carbocycles. The zero-order valence-electron chi connectivity index (χ0n) is 6.86. The van der Waals surface area contributed by atoms with Crippen LogP contribution in [0.2, 0.25) is 0 Å². The highest BCUT2D eigenvalue weighted by Crippen LogP contribution is 2.17. The molecule has 13 heavy (non-hydrogen) atoms. The lowest BCUT2D eigenvalue weighted by Gasteiger charge is -1.92. The van der Waals surface area contributed by atoms with E-state index in [0.29, 0.717) is 6.54 Å².